The standard InChI is InChI=1S/C20H19P.C20H20P.BrH.HI/c21-16-20(17-10-4-1-5-11-17,18-12-6-2-7-13-18)19-14-8-3-9-15-19;1-2-21(18-12-6-3-7-13-18,19-14-8-4-9-15-19)20-16-10-5-11-17-20;;/h1-15H,16,21H2;3-17H,2H2,1H3;2*1H/q;+1;;/p-1. The Morgan fingerprint density at radius 3 is 0.864 bits per heavy atom. The lowest BCUT2D eigenvalue weighted by Gasteiger charge is -2.32. The first-order valence-corrected chi connectivity index (χ1v) is 17.7. The fourth-order valence-electron chi connectivity index (χ4n) is 6.14. The van der Waals surface area contributed by atoms with E-state index < -0.39 is 7.26 Å². The van der Waals surface area contributed by atoms with Crippen LogP contribution in [0.25, 0.3) is 0 Å². The molecule has 0 radical (unpaired) electrons. The summed E-state index contributed by atoms with van der Waals surface area (Å²) in [4.78, 5) is 0. The van der Waals surface area contributed by atoms with Crippen LogP contribution in [-0.4, -0.2) is 12.3 Å². The molecule has 4 heteroatoms. The van der Waals surface area contributed by atoms with Crippen LogP contribution in [0.2, 0.25) is 0 Å². The van der Waals surface area contributed by atoms with Gasteiger partial charge in [-0.2, -0.15) is 0 Å². The topological polar surface area (TPSA) is 0 Å². The Bertz CT molecular complexity index is 1300. The van der Waals surface area contributed by atoms with Gasteiger partial charge in [-0.3, -0.25) is 0 Å². The minimum atomic E-state index is -1.53. The van der Waals surface area contributed by atoms with E-state index in [1.807, 2.05) is 9.24 Å². The molecule has 0 amide bonds. The van der Waals surface area contributed by atoms with Crippen molar-refractivity contribution < 1.29 is 41.0 Å². The second kappa shape index (κ2) is 17.8. The van der Waals surface area contributed by atoms with E-state index in [0.29, 0.717) is 0 Å². The SMILES string of the molecule is CC[P+](c1ccccc1)(c1ccccc1)c1ccccc1.[Br-].[I-].[PH3+]CC(c1ccccc1)(c1ccccc1)c1ccccc1. The third-order valence-corrected chi connectivity index (χ3v) is 13.5. The van der Waals surface area contributed by atoms with Gasteiger partial charge < -0.3 is 41.0 Å². The van der Waals surface area contributed by atoms with E-state index in [1.54, 1.807) is 0 Å². The molecular formula is C40H40BrIP2. The highest BCUT2D eigenvalue weighted by Crippen LogP contribution is 2.54. The second-order valence-corrected chi connectivity index (χ2v) is 14.7. The molecule has 0 aliphatic rings. The largest absolute Gasteiger partial charge is 1.00 e. The molecule has 0 N–H and O–H groups in total. The van der Waals surface area contributed by atoms with Crippen molar-refractivity contribution in [3.63, 3.8) is 0 Å². The smallest absolute Gasteiger partial charge is 0.111 e. The van der Waals surface area contributed by atoms with Gasteiger partial charge in [-0.15, -0.1) is 0 Å². The van der Waals surface area contributed by atoms with E-state index in [0.717, 1.165) is 12.3 Å². The van der Waals surface area contributed by atoms with Gasteiger partial charge in [0.1, 0.15) is 23.2 Å². The molecule has 1 atom stereocenters. The molecule has 0 fully saturated rings. The number of halogens is 2. The van der Waals surface area contributed by atoms with Gasteiger partial charge in [0.2, 0.25) is 0 Å². The van der Waals surface area contributed by atoms with Crippen LogP contribution in [0.5, 0.6) is 0 Å². The van der Waals surface area contributed by atoms with Gasteiger partial charge in [0.15, 0.2) is 0 Å². The van der Waals surface area contributed by atoms with Gasteiger partial charge in [0.25, 0.3) is 0 Å². The number of hydrogen-bond donors (Lipinski definition) is 0. The van der Waals surface area contributed by atoms with Crippen molar-refractivity contribution in [1.29, 1.82) is 0 Å². The quantitative estimate of drug-likeness (QED) is 0.127. The minimum absolute atomic E-state index is 0. The first-order valence-electron chi connectivity index (χ1n) is 14.8. The molecule has 0 spiro atoms. The van der Waals surface area contributed by atoms with Crippen molar-refractivity contribution in [2.45, 2.75) is 12.3 Å². The maximum absolute atomic E-state index is 2.32. The normalized spacial score (nSPS) is 10.8. The monoisotopic (exact) mass is 788 g/mol. The first kappa shape index (κ1) is 35.9. The Balaban J connectivity index is 0.000000230. The van der Waals surface area contributed by atoms with Crippen molar-refractivity contribution in [1.82, 2.24) is 0 Å². The lowest BCUT2D eigenvalue weighted by atomic mass is 9.71. The molecule has 0 bridgehead atoms. The zero-order valence-electron chi connectivity index (χ0n) is 25.1. The lowest BCUT2D eigenvalue weighted by Crippen LogP contribution is -3.00. The van der Waals surface area contributed by atoms with Crippen LogP contribution in [-0.2, 0) is 5.41 Å². The van der Waals surface area contributed by atoms with E-state index >= 15 is 0 Å². The summed E-state index contributed by atoms with van der Waals surface area (Å²) in [6.07, 6.45) is 2.20. The van der Waals surface area contributed by atoms with Crippen LogP contribution < -0.4 is 56.9 Å². The Labute approximate surface area is 294 Å². The average Bonchev–Trinajstić information content (AvgIpc) is 3.09. The minimum Gasteiger partial charge on any atom is -1.00 e. The molecule has 224 valence electrons. The molecule has 6 aromatic carbocycles. The zero-order chi connectivity index (χ0) is 29.1. The van der Waals surface area contributed by atoms with Gasteiger partial charge in [0, 0.05) is 0 Å². The summed E-state index contributed by atoms with van der Waals surface area (Å²) in [5.41, 5.74) is 4.01. The molecule has 0 heterocycles. The number of rotatable bonds is 8. The molecule has 6 rings (SSSR count). The Kier molecular flexibility index (Phi) is 14.5. The zero-order valence-corrected chi connectivity index (χ0v) is 31.2. The maximum Gasteiger partial charge on any atom is 0.111 e. The summed E-state index contributed by atoms with van der Waals surface area (Å²) in [5, 5.41) is 4.39. The molecule has 0 aliphatic carbocycles. The predicted molar refractivity (Wildman–Crippen MR) is 191 cm³/mol. The average molecular weight is 790 g/mol. The number of hydrogen-bond acceptors (Lipinski definition) is 0. The highest BCUT2D eigenvalue weighted by molar-refractivity contribution is 7.95. The molecule has 0 nitrogen and oxygen atoms in total. The van der Waals surface area contributed by atoms with Crippen LogP contribution in [0.1, 0.15) is 23.6 Å². The van der Waals surface area contributed by atoms with Crippen LogP contribution in [0, 0.1) is 0 Å². The highest BCUT2D eigenvalue weighted by atomic mass is 127. The fraction of sp³-hybridized carbons (Fsp3) is 0.100. The summed E-state index contributed by atoms with van der Waals surface area (Å²) in [5.74, 6) is 0. The molecule has 0 aromatic heterocycles. The molecular weight excluding hydrogens is 749 g/mol. The third-order valence-electron chi connectivity index (χ3n) is 8.24. The summed E-state index contributed by atoms with van der Waals surface area (Å²) in [7, 11) is 0.513. The predicted octanol–water partition coefficient (Wildman–Crippen LogP) is 2.64. The van der Waals surface area contributed by atoms with Gasteiger partial charge in [-0.1, -0.05) is 146 Å². The molecule has 6 aromatic rings. The van der Waals surface area contributed by atoms with E-state index in [9.17, 15) is 0 Å². The second-order valence-electron chi connectivity index (χ2n) is 10.4. The Hall–Kier alpha value is -2.61. The van der Waals surface area contributed by atoms with Gasteiger partial charge in [0.05, 0.1) is 17.7 Å². The molecule has 0 saturated carbocycles. The Morgan fingerprint density at radius 1 is 0.432 bits per heavy atom. The van der Waals surface area contributed by atoms with Gasteiger partial charge in [-0.05, 0) is 69.3 Å². The van der Waals surface area contributed by atoms with Crippen molar-refractivity contribution in [2.24, 2.45) is 0 Å². The van der Waals surface area contributed by atoms with Crippen molar-refractivity contribution in [3.8, 4) is 0 Å². The molecule has 0 saturated heterocycles. The summed E-state index contributed by atoms with van der Waals surface area (Å²) >= 11 is 0. The van der Waals surface area contributed by atoms with E-state index in [1.165, 1.54) is 32.6 Å². The molecule has 44 heavy (non-hydrogen) atoms. The van der Waals surface area contributed by atoms with Gasteiger partial charge >= 0.3 is 0 Å². The van der Waals surface area contributed by atoms with Gasteiger partial charge in [-0.25, -0.2) is 0 Å². The first-order chi connectivity index (χ1) is 20.8. The lowest BCUT2D eigenvalue weighted by molar-refractivity contribution is -0.001000. The molecule has 1 unspecified atom stereocenters. The van der Waals surface area contributed by atoms with Crippen LogP contribution in [0.3, 0.4) is 0 Å². The fourth-order valence-corrected chi connectivity index (χ4v) is 11.0. The number of benzene rings is 6. The highest BCUT2D eigenvalue weighted by Gasteiger charge is 2.43. The Morgan fingerprint density at radius 2 is 0.659 bits per heavy atom. The van der Waals surface area contributed by atoms with Crippen LogP contribution in [0.4, 0.5) is 0 Å². The summed E-state index contributed by atoms with van der Waals surface area (Å²) in [6.45, 7) is 2.32. The summed E-state index contributed by atoms with van der Waals surface area (Å²) in [6, 6.07) is 65.5. The van der Waals surface area contributed by atoms with Crippen molar-refractivity contribution >= 4 is 32.4 Å². The molecule has 0 aliphatic heterocycles. The van der Waals surface area contributed by atoms with E-state index in [-0.39, 0.29) is 46.4 Å². The maximum atomic E-state index is 2.32. The van der Waals surface area contributed by atoms with E-state index in [2.05, 4.69) is 189 Å². The van der Waals surface area contributed by atoms with Crippen LogP contribution >= 0.6 is 16.5 Å². The van der Waals surface area contributed by atoms with E-state index in [4.69, 9.17) is 0 Å². The summed E-state index contributed by atoms with van der Waals surface area (Å²) < 4.78 is 0. The van der Waals surface area contributed by atoms with Crippen LogP contribution in [0.15, 0.2) is 182 Å². The van der Waals surface area contributed by atoms with Crippen molar-refractivity contribution in [2.75, 3.05) is 12.3 Å². The third kappa shape index (κ3) is 7.60. The van der Waals surface area contributed by atoms with Crippen molar-refractivity contribution in [3.05, 3.63) is 199 Å².